The molecular formula is C13H11NO5. The zero-order valence-electron chi connectivity index (χ0n) is 10.0. The van der Waals surface area contributed by atoms with Gasteiger partial charge in [-0.15, -0.1) is 0 Å². The number of hydrogen-bond donors (Lipinski definition) is 3. The summed E-state index contributed by atoms with van der Waals surface area (Å²) in [6.07, 6.45) is 0. The number of carbonyl (C=O) groups is 2. The van der Waals surface area contributed by atoms with E-state index in [1.165, 1.54) is 13.2 Å². The molecule has 6 heteroatoms. The first kappa shape index (κ1) is 12.7. The van der Waals surface area contributed by atoms with Crippen molar-refractivity contribution in [3.05, 3.63) is 35.4 Å². The molecule has 0 aliphatic carbocycles. The fourth-order valence-electron chi connectivity index (χ4n) is 2.02. The maximum absolute atomic E-state index is 11.2. The molecule has 0 radical (unpaired) electrons. The standard InChI is InChI=1S/C13H11NO5/c1-19-8-4-2-3-6-5-7(12(15)16)10(13(17)18)11(14)9(6)8/h2-5H,14H2,1H3,(H,15,16)(H,17,18). The number of nitrogen functional groups attached to an aromatic ring is 1. The van der Waals surface area contributed by atoms with Crippen LogP contribution in [0, 0.1) is 0 Å². The number of carboxylic acid groups (broad SMARTS) is 2. The van der Waals surface area contributed by atoms with E-state index in [0.29, 0.717) is 16.5 Å². The zero-order valence-corrected chi connectivity index (χ0v) is 10.0. The van der Waals surface area contributed by atoms with Crippen molar-refractivity contribution in [1.29, 1.82) is 0 Å². The molecule has 2 rings (SSSR count). The highest BCUT2D eigenvalue weighted by molar-refractivity contribution is 6.14. The first-order chi connectivity index (χ1) is 8.97. The van der Waals surface area contributed by atoms with Gasteiger partial charge in [-0.1, -0.05) is 12.1 Å². The molecule has 4 N–H and O–H groups in total. The molecular weight excluding hydrogens is 250 g/mol. The topological polar surface area (TPSA) is 110 Å². The summed E-state index contributed by atoms with van der Waals surface area (Å²) in [5.74, 6) is -2.33. The molecule has 6 nitrogen and oxygen atoms in total. The minimum atomic E-state index is -1.39. The van der Waals surface area contributed by atoms with Gasteiger partial charge >= 0.3 is 11.9 Å². The number of fused-ring (bicyclic) bond motifs is 1. The monoisotopic (exact) mass is 261 g/mol. The van der Waals surface area contributed by atoms with Crippen LogP contribution in [0.4, 0.5) is 5.69 Å². The summed E-state index contributed by atoms with van der Waals surface area (Å²) in [4.78, 5) is 22.3. The first-order valence-electron chi connectivity index (χ1n) is 5.33. The van der Waals surface area contributed by atoms with Crippen LogP contribution in [0.3, 0.4) is 0 Å². The molecule has 2 aromatic carbocycles. The van der Waals surface area contributed by atoms with Gasteiger partial charge in [-0.25, -0.2) is 9.59 Å². The molecule has 0 saturated carbocycles. The Morgan fingerprint density at radius 3 is 2.42 bits per heavy atom. The van der Waals surface area contributed by atoms with Crippen molar-refractivity contribution < 1.29 is 24.5 Å². The number of anilines is 1. The number of ether oxygens (including phenoxy) is 1. The van der Waals surface area contributed by atoms with Gasteiger partial charge in [0.05, 0.1) is 23.9 Å². The molecule has 0 atom stereocenters. The zero-order chi connectivity index (χ0) is 14.2. The third-order valence-electron chi connectivity index (χ3n) is 2.83. The maximum Gasteiger partial charge on any atom is 0.338 e. The van der Waals surface area contributed by atoms with Crippen molar-refractivity contribution in [1.82, 2.24) is 0 Å². The third-order valence-corrected chi connectivity index (χ3v) is 2.83. The molecule has 0 aromatic heterocycles. The molecule has 19 heavy (non-hydrogen) atoms. The van der Waals surface area contributed by atoms with E-state index in [4.69, 9.17) is 20.7 Å². The summed E-state index contributed by atoms with van der Waals surface area (Å²) in [5, 5.41) is 19.1. The van der Waals surface area contributed by atoms with Crippen LogP contribution in [0.5, 0.6) is 5.75 Å². The van der Waals surface area contributed by atoms with Crippen molar-refractivity contribution in [3.63, 3.8) is 0 Å². The summed E-state index contributed by atoms with van der Waals surface area (Å²) in [7, 11) is 1.43. The van der Waals surface area contributed by atoms with Crippen LogP contribution in [0.25, 0.3) is 10.8 Å². The second kappa shape index (κ2) is 4.49. The summed E-state index contributed by atoms with van der Waals surface area (Å²) < 4.78 is 5.12. The SMILES string of the molecule is COc1cccc2cc(C(=O)O)c(C(=O)O)c(N)c12. The summed E-state index contributed by atoms with van der Waals surface area (Å²) in [5.41, 5.74) is 4.93. The van der Waals surface area contributed by atoms with Crippen LogP contribution in [0.2, 0.25) is 0 Å². The number of hydrogen-bond acceptors (Lipinski definition) is 4. The number of nitrogens with two attached hydrogens (primary N) is 1. The molecule has 98 valence electrons. The minimum absolute atomic E-state index is 0.111. The second-order valence-corrected chi connectivity index (χ2v) is 3.88. The Bertz CT molecular complexity index is 693. The van der Waals surface area contributed by atoms with Crippen molar-refractivity contribution in [2.75, 3.05) is 12.8 Å². The van der Waals surface area contributed by atoms with Gasteiger partial charge in [0.2, 0.25) is 0 Å². The fraction of sp³-hybridized carbons (Fsp3) is 0.0769. The first-order valence-corrected chi connectivity index (χ1v) is 5.33. The highest BCUT2D eigenvalue weighted by Crippen LogP contribution is 2.35. The van der Waals surface area contributed by atoms with E-state index in [1.807, 2.05) is 0 Å². The molecule has 0 bridgehead atoms. The Morgan fingerprint density at radius 1 is 1.21 bits per heavy atom. The van der Waals surface area contributed by atoms with E-state index in [1.54, 1.807) is 18.2 Å². The van der Waals surface area contributed by atoms with Crippen LogP contribution >= 0.6 is 0 Å². The predicted octanol–water partition coefficient (Wildman–Crippen LogP) is 1.83. The molecule has 0 amide bonds. The van der Waals surface area contributed by atoms with E-state index >= 15 is 0 Å². The molecule has 0 saturated heterocycles. The molecule has 0 fully saturated rings. The van der Waals surface area contributed by atoms with Crippen LogP contribution < -0.4 is 10.5 Å². The Labute approximate surface area is 108 Å². The lowest BCUT2D eigenvalue weighted by molar-refractivity contribution is 0.0652. The molecule has 0 heterocycles. The predicted molar refractivity (Wildman–Crippen MR) is 68.8 cm³/mol. The summed E-state index contributed by atoms with van der Waals surface area (Å²) >= 11 is 0. The van der Waals surface area contributed by atoms with E-state index in [-0.39, 0.29) is 11.3 Å². The Kier molecular flexibility index (Phi) is 3.00. The van der Waals surface area contributed by atoms with Gasteiger partial charge < -0.3 is 20.7 Å². The number of aromatic carboxylic acids is 2. The Hall–Kier alpha value is -2.76. The van der Waals surface area contributed by atoms with Gasteiger partial charge in [-0.2, -0.15) is 0 Å². The number of methoxy groups -OCH3 is 1. The molecule has 0 aliphatic heterocycles. The summed E-state index contributed by atoms with van der Waals surface area (Å²) in [6.45, 7) is 0. The molecule has 2 aromatic rings. The van der Waals surface area contributed by atoms with Crippen LogP contribution in [0.15, 0.2) is 24.3 Å². The van der Waals surface area contributed by atoms with Crippen LogP contribution in [-0.2, 0) is 0 Å². The number of carboxylic acids is 2. The van der Waals surface area contributed by atoms with Crippen molar-refractivity contribution in [2.24, 2.45) is 0 Å². The number of rotatable bonds is 3. The van der Waals surface area contributed by atoms with Gasteiger partial charge in [0.15, 0.2) is 0 Å². The van der Waals surface area contributed by atoms with Crippen LogP contribution in [-0.4, -0.2) is 29.3 Å². The van der Waals surface area contributed by atoms with E-state index in [2.05, 4.69) is 0 Å². The average Bonchev–Trinajstić information content (AvgIpc) is 2.36. The van der Waals surface area contributed by atoms with Gasteiger partial charge in [-0.3, -0.25) is 0 Å². The lowest BCUT2D eigenvalue weighted by atomic mass is 9.97. The molecule has 0 aliphatic rings. The van der Waals surface area contributed by atoms with Crippen molar-refractivity contribution >= 4 is 28.4 Å². The van der Waals surface area contributed by atoms with E-state index in [0.717, 1.165) is 0 Å². The average molecular weight is 261 g/mol. The quantitative estimate of drug-likeness (QED) is 0.727. The lowest BCUT2D eigenvalue weighted by Gasteiger charge is -2.12. The Morgan fingerprint density at radius 2 is 1.89 bits per heavy atom. The van der Waals surface area contributed by atoms with Crippen LogP contribution in [0.1, 0.15) is 20.7 Å². The fourth-order valence-corrected chi connectivity index (χ4v) is 2.02. The third kappa shape index (κ3) is 1.93. The normalized spacial score (nSPS) is 10.4. The molecule has 0 spiro atoms. The largest absolute Gasteiger partial charge is 0.496 e. The summed E-state index contributed by atoms with van der Waals surface area (Å²) in [6, 6.07) is 6.23. The van der Waals surface area contributed by atoms with E-state index in [9.17, 15) is 9.59 Å². The Balaban J connectivity index is 2.98. The smallest absolute Gasteiger partial charge is 0.338 e. The van der Waals surface area contributed by atoms with Gasteiger partial charge in [0.25, 0.3) is 0 Å². The van der Waals surface area contributed by atoms with Gasteiger partial charge in [-0.05, 0) is 17.5 Å². The van der Waals surface area contributed by atoms with Crippen molar-refractivity contribution in [2.45, 2.75) is 0 Å². The van der Waals surface area contributed by atoms with Gasteiger partial charge in [0.1, 0.15) is 5.75 Å². The maximum atomic E-state index is 11.2. The minimum Gasteiger partial charge on any atom is -0.496 e. The van der Waals surface area contributed by atoms with Crippen molar-refractivity contribution in [3.8, 4) is 5.75 Å². The molecule has 0 unspecified atom stereocenters. The van der Waals surface area contributed by atoms with E-state index < -0.39 is 17.5 Å². The van der Waals surface area contributed by atoms with Gasteiger partial charge in [0, 0.05) is 5.39 Å². The second-order valence-electron chi connectivity index (χ2n) is 3.88. The lowest BCUT2D eigenvalue weighted by Crippen LogP contribution is -2.12. The highest BCUT2D eigenvalue weighted by atomic mass is 16.5. The number of benzene rings is 2. The highest BCUT2D eigenvalue weighted by Gasteiger charge is 2.23.